The molecule has 0 fully saturated rings. The quantitative estimate of drug-likeness (QED) is 0.599. The lowest BCUT2D eigenvalue weighted by atomic mass is 10.00. The molecule has 0 radical (unpaired) electrons. The summed E-state index contributed by atoms with van der Waals surface area (Å²) in [6.45, 7) is 4.53. The molecule has 2 unspecified atom stereocenters. The summed E-state index contributed by atoms with van der Waals surface area (Å²) in [6.07, 6.45) is 10.2. The molecule has 0 aromatic carbocycles. The molecule has 0 aliphatic rings. The standard InChI is InChI=1S/C11H21N/c1-5-10(3)8-7-9-11(6-2)12-4/h2,10-12H,5,7-9H2,1,3-4H3. The monoisotopic (exact) mass is 167 g/mol. The van der Waals surface area contributed by atoms with Gasteiger partial charge in [-0.1, -0.05) is 39.0 Å². The van der Waals surface area contributed by atoms with Crippen molar-refractivity contribution in [1.82, 2.24) is 5.32 Å². The molecular formula is C11H21N. The van der Waals surface area contributed by atoms with Crippen LogP contribution in [-0.4, -0.2) is 13.1 Å². The zero-order chi connectivity index (χ0) is 9.40. The van der Waals surface area contributed by atoms with Crippen molar-refractivity contribution in [1.29, 1.82) is 0 Å². The predicted molar refractivity (Wildman–Crippen MR) is 55.0 cm³/mol. The third-order valence-corrected chi connectivity index (χ3v) is 2.44. The highest BCUT2D eigenvalue weighted by atomic mass is 14.8. The van der Waals surface area contributed by atoms with E-state index in [9.17, 15) is 0 Å². The highest BCUT2D eigenvalue weighted by Gasteiger charge is 2.02. The number of hydrogen-bond acceptors (Lipinski definition) is 1. The zero-order valence-corrected chi connectivity index (χ0v) is 8.56. The second-order valence-electron chi connectivity index (χ2n) is 3.45. The van der Waals surface area contributed by atoms with Crippen LogP contribution in [0.2, 0.25) is 0 Å². The van der Waals surface area contributed by atoms with Gasteiger partial charge in [0, 0.05) is 0 Å². The molecule has 70 valence electrons. The van der Waals surface area contributed by atoms with E-state index in [2.05, 4.69) is 25.1 Å². The van der Waals surface area contributed by atoms with E-state index >= 15 is 0 Å². The van der Waals surface area contributed by atoms with E-state index in [1.165, 1.54) is 19.3 Å². The Labute approximate surface area is 76.9 Å². The highest BCUT2D eigenvalue weighted by molar-refractivity contribution is 4.97. The molecule has 0 bridgehead atoms. The Kier molecular flexibility index (Phi) is 6.90. The van der Waals surface area contributed by atoms with Crippen LogP contribution in [0.25, 0.3) is 0 Å². The molecule has 0 aromatic heterocycles. The summed E-state index contributed by atoms with van der Waals surface area (Å²) in [5, 5.41) is 3.11. The van der Waals surface area contributed by atoms with Gasteiger partial charge in [0.2, 0.25) is 0 Å². The first-order valence-corrected chi connectivity index (χ1v) is 4.88. The van der Waals surface area contributed by atoms with Gasteiger partial charge in [0.1, 0.15) is 0 Å². The number of rotatable bonds is 6. The SMILES string of the molecule is C#CC(CCCC(C)CC)NC. The van der Waals surface area contributed by atoms with Gasteiger partial charge < -0.3 is 5.32 Å². The van der Waals surface area contributed by atoms with Crippen molar-refractivity contribution < 1.29 is 0 Å². The van der Waals surface area contributed by atoms with Crippen molar-refractivity contribution in [2.24, 2.45) is 5.92 Å². The zero-order valence-electron chi connectivity index (χ0n) is 8.56. The molecule has 12 heavy (non-hydrogen) atoms. The molecule has 1 nitrogen and oxygen atoms in total. The van der Waals surface area contributed by atoms with Gasteiger partial charge in [-0.25, -0.2) is 0 Å². The molecule has 0 aliphatic heterocycles. The molecule has 1 N–H and O–H groups in total. The minimum atomic E-state index is 0.272. The van der Waals surface area contributed by atoms with Crippen molar-refractivity contribution >= 4 is 0 Å². The topological polar surface area (TPSA) is 12.0 Å². The fraction of sp³-hybridized carbons (Fsp3) is 0.818. The van der Waals surface area contributed by atoms with Crippen molar-refractivity contribution in [2.75, 3.05) is 7.05 Å². The molecule has 2 atom stereocenters. The first-order valence-electron chi connectivity index (χ1n) is 4.88. The molecule has 0 aromatic rings. The number of hydrogen-bond donors (Lipinski definition) is 1. The lowest BCUT2D eigenvalue weighted by molar-refractivity contribution is 0.466. The van der Waals surface area contributed by atoms with E-state index in [1.54, 1.807) is 0 Å². The van der Waals surface area contributed by atoms with Crippen molar-refractivity contribution in [3.8, 4) is 12.3 Å². The molecule has 0 saturated carbocycles. The minimum Gasteiger partial charge on any atom is -0.307 e. The molecule has 0 amide bonds. The van der Waals surface area contributed by atoms with Crippen molar-refractivity contribution in [3.63, 3.8) is 0 Å². The summed E-state index contributed by atoms with van der Waals surface area (Å²) in [7, 11) is 1.92. The van der Waals surface area contributed by atoms with Crippen LogP contribution in [0.5, 0.6) is 0 Å². The summed E-state index contributed by atoms with van der Waals surface area (Å²) < 4.78 is 0. The Morgan fingerprint density at radius 1 is 1.42 bits per heavy atom. The minimum absolute atomic E-state index is 0.272. The van der Waals surface area contributed by atoms with E-state index < -0.39 is 0 Å². The average Bonchev–Trinajstić information content (AvgIpc) is 2.12. The summed E-state index contributed by atoms with van der Waals surface area (Å²) in [6, 6.07) is 0.272. The Balaban J connectivity index is 3.36. The molecule has 0 aliphatic carbocycles. The molecule has 0 heterocycles. The van der Waals surface area contributed by atoms with Crippen molar-refractivity contribution in [3.05, 3.63) is 0 Å². The summed E-state index contributed by atoms with van der Waals surface area (Å²) in [4.78, 5) is 0. The highest BCUT2D eigenvalue weighted by Crippen LogP contribution is 2.11. The van der Waals surface area contributed by atoms with Crippen LogP contribution < -0.4 is 5.32 Å². The normalized spacial score (nSPS) is 15.2. The maximum atomic E-state index is 5.32. The van der Waals surface area contributed by atoms with E-state index in [4.69, 9.17) is 6.42 Å². The third-order valence-electron chi connectivity index (χ3n) is 2.44. The Morgan fingerprint density at radius 3 is 2.50 bits per heavy atom. The van der Waals surface area contributed by atoms with Crippen LogP contribution >= 0.6 is 0 Å². The number of terminal acetylenes is 1. The van der Waals surface area contributed by atoms with E-state index in [-0.39, 0.29) is 6.04 Å². The Hall–Kier alpha value is -0.480. The fourth-order valence-electron chi connectivity index (χ4n) is 1.19. The summed E-state index contributed by atoms with van der Waals surface area (Å²) >= 11 is 0. The van der Waals surface area contributed by atoms with Crippen LogP contribution in [0.3, 0.4) is 0 Å². The second-order valence-corrected chi connectivity index (χ2v) is 3.45. The summed E-state index contributed by atoms with van der Waals surface area (Å²) in [5.41, 5.74) is 0. The first-order chi connectivity index (χ1) is 5.74. The van der Waals surface area contributed by atoms with Crippen LogP contribution in [0.1, 0.15) is 39.5 Å². The molecule has 0 rings (SSSR count). The largest absolute Gasteiger partial charge is 0.307 e. The lowest BCUT2D eigenvalue weighted by Gasteiger charge is -2.11. The van der Waals surface area contributed by atoms with Crippen LogP contribution in [-0.2, 0) is 0 Å². The molecule has 0 spiro atoms. The van der Waals surface area contributed by atoms with Gasteiger partial charge in [0.25, 0.3) is 0 Å². The maximum absolute atomic E-state index is 5.32. The van der Waals surface area contributed by atoms with E-state index in [0.717, 1.165) is 12.3 Å². The van der Waals surface area contributed by atoms with E-state index in [0.29, 0.717) is 0 Å². The first kappa shape index (κ1) is 11.5. The van der Waals surface area contributed by atoms with Crippen LogP contribution in [0.4, 0.5) is 0 Å². The van der Waals surface area contributed by atoms with Crippen LogP contribution in [0.15, 0.2) is 0 Å². The lowest BCUT2D eigenvalue weighted by Crippen LogP contribution is -2.22. The van der Waals surface area contributed by atoms with E-state index in [1.807, 2.05) is 7.05 Å². The average molecular weight is 167 g/mol. The van der Waals surface area contributed by atoms with Crippen molar-refractivity contribution in [2.45, 2.75) is 45.6 Å². The van der Waals surface area contributed by atoms with Gasteiger partial charge in [0.15, 0.2) is 0 Å². The van der Waals surface area contributed by atoms with Gasteiger partial charge in [0.05, 0.1) is 6.04 Å². The van der Waals surface area contributed by atoms with Gasteiger partial charge in [-0.05, 0) is 19.4 Å². The van der Waals surface area contributed by atoms with Gasteiger partial charge >= 0.3 is 0 Å². The maximum Gasteiger partial charge on any atom is 0.0684 e. The molecular weight excluding hydrogens is 146 g/mol. The van der Waals surface area contributed by atoms with Gasteiger partial charge in [-0.3, -0.25) is 0 Å². The van der Waals surface area contributed by atoms with Gasteiger partial charge in [-0.15, -0.1) is 6.42 Å². The Morgan fingerprint density at radius 2 is 2.08 bits per heavy atom. The third kappa shape index (κ3) is 5.21. The number of nitrogens with one attached hydrogen (secondary N) is 1. The van der Waals surface area contributed by atoms with Gasteiger partial charge in [-0.2, -0.15) is 0 Å². The Bertz CT molecular complexity index is 134. The second kappa shape index (κ2) is 7.18. The predicted octanol–water partition coefficient (Wildman–Crippen LogP) is 2.42. The summed E-state index contributed by atoms with van der Waals surface area (Å²) in [5.74, 6) is 3.58. The fourth-order valence-corrected chi connectivity index (χ4v) is 1.19. The molecule has 1 heteroatoms. The molecule has 0 saturated heterocycles. The smallest absolute Gasteiger partial charge is 0.0684 e. The van der Waals surface area contributed by atoms with Crippen LogP contribution in [0, 0.1) is 18.3 Å².